The van der Waals surface area contributed by atoms with Crippen molar-refractivity contribution < 1.29 is 4.74 Å². The van der Waals surface area contributed by atoms with Crippen LogP contribution in [0, 0.1) is 6.92 Å². The summed E-state index contributed by atoms with van der Waals surface area (Å²) in [6, 6.07) is 6.48. The largest absolute Gasteiger partial charge is 0.374 e. The Hall–Kier alpha value is -0.420. The van der Waals surface area contributed by atoms with Crippen LogP contribution in [0.5, 0.6) is 0 Å². The van der Waals surface area contributed by atoms with Gasteiger partial charge < -0.3 is 10.1 Å². The van der Waals surface area contributed by atoms with E-state index in [1.807, 2.05) is 0 Å². The second-order valence-electron chi connectivity index (χ2n) is 5.11. The molecule has 1 aromatic rings. The fraction of sp³-hybridized carbons (Fsp3) is 0.600. The number of hydrogen-bond donors (Lipinski definition) is 1. The van der Waals surface area contributed by atoms with Gasteiger partial charge in [0, 0.05) is 30.7 Å². The third kappa shape index (κ3) is 4.56. The molecule has 2 rings (SSSR count). The first-order valence-electron chi connectivity index (χ1n) is 6.98. The maximum atomic E-state index is 5.78. The lowest BCUT2D eigenvalue weighted by molar-refractivity contribution is -0.0253. The molecule has 1 saturated heterocycles. The van der Waals surface area contributed by atoms with Crippen LogP contribution in [0.1, 0.15) is 18.1 Å². The summed E-state index contributed by atoms with van der Waals surface area (Å²) in [5, 5.41) is 3.49. The highest BCUT2D eigenvalue weighted by Gasteiger charge is 2.18. The van der Waals surface area contributed by atoms with Gasteiger partial charge >= 0.3 is 0 Å². The normalized spacial score (nSPS) is 20.7. The Morgan fingerprint density at radius 2 is 2.32 bits per heavy atom. The lowest BCUT2D eigenvalue weighted by Crippen LogP contribution is -2.46. The van der Waals surface area contributed by atoms with Gasteiger partial charge in [-0.1, -0.05) is 35.0 Å². The molecule has 1 aliphatic heterocycles. The van der Waals surface area contributed by atoms with Crippen molar-refractivity contribution in [3.05, 3.63) is 33.8 Å². The van der Waals surface area contributed by atoms with Gasteiger partial charge in [-0.3, -0.25) is 4.90 Å². The number of benzene rings is 1. The van der Waals surface area contributed by atoms with Crippen molar-refractivity contribution in [2.45, 2.75) is 26.5 Å². The highest BCUT2D eigenvalue weighted by molar-refractivity contribution is 9.10. The summed E-state index contributed by atoms with van der Waals surface area (Å²) in [5.74, 6) is 0. The SMILES string of the molecule is CCN1CCOC(CNCc2ccc(C)cc2Br)C1. The molecule has 1 N–H and O–H groups in total. The number of ether oxygens (including phenoxy) is 1. The van der Waals surface area contributed by atoms with Crippen LogP contribution in [0.4, 0.5) is 0 Å². The number of nitrogens with zero attached hydrogens (tertiary/aromatic N) is 1. The molecule has 0 bridgehead atoms. The van der Waals surface area contributed by atoms with Crippen LogP contribution < -0.4 is 5.32 Å². The number of halogens is 1. The zero-order valence-electron chi connectivity index (χ0n) is 11.8. The van der Waals surface area contributed by atoms with Crippen LogP contribution in [0.2, 0.25) is 0 Å². The molecular weight excluding hydrogens is 304 g/mol. The first kappa shape index (κ1) is 15.0. The molecule has 0 aromatic heterocycles. The molecule has 1 aliphatic rings. The monoisotopic (exact) mass is 326 g/mol. The first-order valence-corrected chi connectivity index (χ1v) is 7.78. The van der Waals surface area contributed by atoms with Crippen LogP contribution in [0.25, 0.3) is 0 Å². The summed E-state index contributed by atoms with van der Waals surface area (Å²) < 4.78 is 6.96. The predicted octanol–water partition coefficient (Wildman–Crippen LogP) is 2.57. The average molecular weight is 327 g/mol. The standard InChI is InChI=1S/C15H23BrN2O/c1-3-18-6-7-19-14(11-18)10-17-9-13-5-4-12(2)8-15(13)16/h4-5,8,14,17H,3,6-7,9-11H2,1-2H3. The van der Waals surface area contributed by atoms with Gasteiger partial charge in [-0.2, -0.15) is 0 Å². The summed E-state index contributed by atoms with van der Waals surface area (Å²) in [5.41, 5.74) is 2.58. The predicted molar refractivity (Wildman–Crippen MR) is 82.4 cm³/mol. The lowest BCUT2D eigenvalue weighted by atomic mass is 10.1. The van der Waals surface area contributed by atoms with Crippen molar-refractivity contribution in [2.75, 3.05) is 32.8 Å². The van der Waals surface area contributed by atoms with Crippen molar-refractivity contribution in [3.8, 4) is 0 Å². The van der Waals surface area contributed by atoms with E-state index >= 15 is 0 Å². The molecule has 19 heavy (non-hydrogen) atoms. The molecule has 1 unspecified atom stereocenters. The Labute approximate surface area is 124 Å². The number of rotatable bonds is 5. The molecule has 3 nitrogen and oxygen atoms in total. The van der Waals surface area contributed by atoms with Crippen molar-refractivity contribution in [2.24, 2.45) is 0 Å². The van der Waals surface area contributed by atoms with Gasteiger partial charge in [-0.15, -0.1) is 0 Å². The molecule has 0 amide bonds. The van der Waals surface area contributed by atoms with E-state index < -0.39 is 0 Å². The van der Waals surface area contributed by atoms with Gasteiger partial charge in [0.2, 0.25) is 0 Å². The quantitative estimate of drug-likeness (QED) is 0.900. The van der Waals surface area contributed by atoms with Gasteiger partial charge in [-0.05, 0) is 30.7 Å². The minimum atomic E-state index is 0.318. The summed E-state index contributed by atoms with van der Waals surface area (Å²) in [6.45, 7) is 10.2. The number of aryl methyl sites for hydroxylation is 1. The van der Waals surface area contributed by atoms with Crippen LogP contribution in [0.3, 0.4) is 0 Å². The van der Waals surface area contributed by atoms with Gasteiger partial charge in [0.05, 0.1) is 12.7 Å². The number of likely N-dealkylation sites (N-methyl/N-ethyl adjacent to an activating group) is 1. The van der Waals surface area contributed by atoms with E-state index in [1.54, 1.807) is 0 Å². The summed E-state index contributed by atoms with van der Waals surface area (Å²) in [7, 11) is 0. The molecule has 106 valence electrons. The van der Waals surface area contributed by atoms with Crippen molar-refractivity contribution >= 4 is 15.9 Å². The van der Waals surface area contributed by atoms with Gasteiger partial charge in [0.1, 0.15) is 0 Å². The smallest absolute Gasteiger partial charge is 0.0826 e. The maximum Gasteiger partial charge on any atom is 0.0826 e. The molecular formula is C15H23BrN2O. The van der Waals surface area contributed by atoms with Crippen LogP contribution >= 0.6 is 15.9 Å². The van der Waals surface area contributed by atoms with E-state index in [2.05, 4.69) is 58.2 Å². The molecule has 0 spiro atoms. The summed E-state index contributed by atoms with van der Waals surface area (Å²) in [6.07, 6.45) is 0.318. The zero-order chi connectivity index (χ0) is 13.7. The van der Waals surface area contributed by atoms with Crippen molar-refractivity contribution in [3.63, 3.8) is 0 Å². The van der Waals surface area contributed by atoms with E-state index in [0.717, 1.165) is 39.3 Å². The Morgan fingerprint density at radius 1 is 1.47 bits per heavy atom. The minimum Gasteiger partial charge on any atom is -0.374 e. The molecule has 1 atom stereocenters. The highest BCUT2D eigenvalue weighted by atomic mass is 79.9. The molecule has 4 heteroatoms. The molecule has 0 aliphatic carbocycles. The van der Waals surface area contributed by atoms with Gasteiger partial charge in [-0.25, -0.2) is 0 Å². The minimum absolute atomic E-state index is 0.318. The fourth-order valence-electron chi connectivity index (χ4n) is 2.35. The van der Waals surface area contributed by atoms with E-state index in [9.17, 15) is 0 Å². The van der Waals surface area contributed by atoms with E-state index in [-0.39, 0.29) is 0 Å². The summed E-state index contributed by atoms with van der Waals surface area (Å²) in [4.78, 5) is 2.44. The Morgan fingerprint density at radius 3 is 3.05 bits per heavy atom. The molecule has 1 aromatic carbocycles. The second-order valence-corrected chi connectivity index (χ2v) is 5.97. The molecule has 1 heterocycles. The van der Waals surface area contributed by atoms with Gasteiger partial charge in [0.25, 0.3) is 0 Å². The zero-order valence-corrected chi connectivity index (χ0v) is 13.4. The Bertz CT molecular complexity index is 411. The van der Waals surface area contributed by atoms with Crippen molar-refractivity contribution in [1.29, 1.82) is 0 Å². The topological polar surface area (TPSA) is 24.5 Å². The number of hydrogen-bond acceptors (Lipinski definition) is 3. The second kappa shape index (κ2) is 7.39. The van der Waals surface area contributed by atoms with E-state index in [0.29, 0.717) is 6.10 Å². The molecule has 0 radical (unpaired) electrons. The molecule has 0 saturated carbocycles. The Kier molecular flexibility index (Phi) is 5.82. The Balaban J connectivity index is 1.76. The fourth-order valence-corrected chi connectivity index (χ4v) is 2.99. The number of morpholine rings is 1. The van der Waals surface area contributed by atoms with Crippen LogP contribution in [-0.2, 0) is 11.3 Å². The lowest BCUT2D eigenvalue weighted by Gasteiger charge is -2.32. The van der Waals surface area contributed by atoms with E-state index in [1.165, 1.54) is 15.6 Å². The average Bonchev–Trinajstić information content (AvgIpc) is 2.41. The summed E-state index contributed by atoms with van der Waals surface area (Å²) >= 11 is 3.61. The van der Waals surface area contributed by atoms with E-state index in [4.69, 9.17) is 4.74 Å². The number of nitrogens with one attached hydrogen (secondary N) is 1. The van der Waals surface area contributed by atoms with Crippen LogP contribution in [-0.4, -0.2) is 43.8 Å². The third-order valence-electron chi connectivity index (χ3n) is 3.57. The maximum absolute atomic E-state index is 5.78. The first-order chi connectivity index (χ1) is 9.19. The van der Waals surface area contributed by atoms with Crippen molar-refractivity contribution in [1.82, 2.24) is 10.2 Å². The van der Waals surface area contributed by atoms with Gasteiger partial charge in [0.15, 0.2) is 0 Å². The highest BCUT2D eigenvalue weighted by Crippen LogP contribution is 2.18. The molecule has 1 fully saturated rings. The van der Waals surface area contributed by atoms with Crippen LogP contribution in [0.15, 0.2) is 22.7 Å². The third-order valence-corrected chi connectivity index (χ3v) is 4.30.